The van der Waals surface area contributed by atoms with Crippen molar-refractivity contribution in [3.63, 3.8) is 0 Å². The third-order valence-electron chi connectivity index (χ3n) is 4.44. The second-order valence-electron chi connectivity index (χ2n) is 6.69. The largest absolute Gasteiger partial charge is 0.373 e. The molecule has 7 nitrogen and oxygen atoms in total. The first-order chi connectivity index (χ1) is 14.3. The van der Waals surface area contributed by atoms with Crippen LogP contribution in [0.4, 0.5) is 0 Å². The zero-order valence-electron chi connectivity index (χ0n) is 16.3. The zero-order chi connectivity index (χ0) is 19.7. The molecule has 0 aromatic carbocycles. The molecule has 0 radical (unpaired) electrons. The van der Waals surface area contributed by atoms with Crippen molar-refractivity contribution in [1.29, 1.82) is 0 Å². The lowest BCUT2D eigenvalue weighted by Crippen LogP contribution is -2.34. The van der Waals surface area contributed by atoms with Crippen molar-refractivity contribution < 1.29 is 13.9 Å². The highest BCUT2D eigenvalue weighted by molar-refractivity contribution is 5.03. The summed E-state index contributed by atoms with van der Waals surface area (Å²) in [6.07, 6.45) is 18.2. The highest BCUT2D eigenvalue weighted by Crippen LogP contribution is 1.97. The molecule has 0 atom stereocenters. The summed E-state index contributed by atoms with van der Waals surface area (Å²) in [6, 6.07) is 11.9. The van der Waals surface area contributed by atoms with Crippen LogP contribution >= 0.6 is 0 Å². The van der Waals surface area contributed by atoms with E-state index in [1.165, 1.54) is 0 Å². The summed E-state index contributed by atoms with van der Waals surface area (Å²) in [5, 5.41) is 0. The summed E-state index contributed by atoms with van der Waals surface area (Å²) < 4.78 is 13.8. The van der Waals surface area contributed by atoms with Crippen molar-refractivity contribution in [1.82, 2.24) is 19.1 Å². The molecule has 4 heterocycles. The summed E-state index contributed by atoms with van der Waals surface area (Å²) in [5.74, 6) is 0. The Bertz CT molecular complexity index is 915. The predicted molar refractivity (Wildman–Crippen MR) is 104 cm³/mol. The highest BCUT2D eigenvalue weighted by Gasteiger charge is 2.01. The Kier molecular flexibility index (Phi) is 6.39. The van der Waals surface area contributed by atoms with Crippen molar-refractivity contribution in [2.24, 2.45) is 0 Å². The number of rotatable bonds is 10. The fourth-order valence-electron chi connectivity index (χ4n) is 2.97. The van der Waals surface area contributed by atoms with E-state index in [1.807, 2.05) is 91.8 Å². The van der Waals surface area contributed by atoms with Gasteiger partial charge in [0.05, 0.1) is 37.7 Å². The van der Waals surface area contributed by atoms with Crippen LogP contribution in [0.15, 0.2) is 73.6 Å². The molecule has 0 bridgehead atoms. The average Bonchev–Trinajstić information content (AvgIpc) is 3.39. The smallest absolute Gasteiger partial charge is 0.204 e. The molecule has 0 N–H and O–H groups in total. The molecule has 0 aliphatic heterocycles. The minimum absolute atomic E-state index is 0.643. The number of nitrogens with zero attached hydrogens (tertiary/aromatic N) is 6. The minimum Gasteiger partial charge on any atom is -0.373 e. The SMILES string of the molecule is [c-]1n(Cc2ccccn2)cc[n+]1CCOCCn1[c-][n+](Cc2ccccn2)cc1. The molecule has 4 aromatic rings. The molecule has 4 rings (SSSR count). The maximum absolute atomic E-state index is 5.77. The molecule has 148 valence electrons. The first kappa shape index (κ1) is 19.0. The van der Waals surface area contributed by atoms with Crippen LogP contribution < -0.4 is 9.13 Å². The Hall–Kier alpha value is -3.32. The van der Waals surface area contributed by atoms with Gasteiger partial charge in [-0.2, -0.15) is 0 Å². The molecule has 0 aliphatic carbocycles. The van der Waals surface area contributed by atoms with E-state index < -0.39 is 0 Å². The molecular formula is C22H24N6O. The fourth-order valence-corrected chi connectivity index (χ4v) is 2.97. The second kappa shape index (κ2) is 9.75. The Balaban J connectivity index is 1.15. The van der Waals surface area contributed by atoms with Gasteiger partial charge in [-0.1, -0.05) is 12.1 Å². The summed E-state index contributed by atoms with van der Waals surface area (Å²) in [6.45, 7) is 4.26. The van der Waals surface area contributed by atoms with Gasteiger partial charge in [-0.3, -0.25) is 9.97 Å². The second-order valence-corrected chi connectivity index (χ2v) is 6.69. The van der Waals surface area contributed by atoms with Crippen LogP contribution in [-0.2, 0) is 30.9 Å². The van der Waals surface area contributed by atoms with Gasteiger partial charge in [-0.15, -0.1) is 0 Å². The third-order valence-corrected chi connectivity index (χ3v) is 4.44. The van der Waals surface area contributed by atoms with Gasteiger partial charge in [0.2, 0.25) is 12.7 Å². The van der Waals surface area contributed by atoms with Gasteiger partial charge < -0.3 is 23.0 Å². The molecule has 0 saturated heterocycles. The number of aromatic nitrogens is 6. The van der Waals surface area contributed by atoms with E-state index in [0.29, 0.717) is 13.2 Å². The third kappa shape index (κ3) is 5.83. The number of imidazole rings is 2. The number of hydrogen-bond acceptors (Lipinski definition) is 3. The van der Waals surface area contributed by atoms with Gasteiger partial charge in [0, 0.05) is 12.4 Å². The Morgan fingerprint density at radius 3 is 2.34 bits per heavy atom. The maximum Gasteiger partial charge on any atom is 0.204 e. The zero-order valence-corrected chi connectivity index (χ0v) is 16.3. The van der Waals surface area contributed by atoms with Gasteiger partial charge >= 0.3 is 0 Å². The van der Waals surface area contributed by atoms with Gasteiger partial charge in [-0.25, -0.2) is 0 Å². The minimum atomic E-state index is 0.643. The Morgan fingerprint density at radius 2 is 1.55 bits per heavy atom. The van der Waals surface area contributed by atoms with E-state index in [9.17, 15) is 0 Å². The number of pyridine rings is 2. The molecule has 0 amide bonds. The van der Waals surface area contributed by atoms with Crippen molar-refractivity contribution in [3.8, 4) is 0 Å². The quantitative estimate of drug-likeness (QED) is 0.232. The van der Waals surface area contributed by atoms with Crippen molar-refractivity contribution in [2.45, 2.75) is 26.2 Å². The van der Waals surface area contributed by atoms with Crippen LogP contribution in [0.5, 0.6) is 0 Å². The summed E-state index contributed by atoms with van der Waals surface area (Å²) in [7, 11) is 0. The summed E-state index contributed by atoms with van der Waals surface area (Å²) >= 11 is 0. The molecule has 0 saturated carbocycles. The lowest BCUT2D eigenvalue weighted by molar-refractivity contribution is -0.702. The lowest BCUT2D eigenvalue weighted by Gasteiger charge is -2.05. The average molecular weight is 388 g/mol. The first-order valence-corrected chi connectivity index (χ1v) is 9.68. The highest BCUT2D eigenvalue weighted by atomic mass is 16.5. The Labute approximate surface area is 170 Å². The van der Waals surface area contributed by atoms with Crippen LogP contribution in [0.1, 0.15) is 11.4 Å². The topological polar surface area (TPSA) is 52.6 Å². The molecule has 4 aromatic heterocycles. The molecule has 7 heteroatoms. The van der Waals surface area contributed by atoms with E-state index >= 15 is 0 Å². The molecule has 0 fully saturated rings. The number of ether oxygens (including phenoxy) is 1. The summed E-state index contributed by atoms with van der Waals surface area (Å²) in [5.41, 5.74) is 2.04. The predicted octanol–water partition coefficient (Wildman–Crippen LogP) is 1.07. The van der Waals surface area contributed by atoms with Gasteiger partial charge in [0.15, 0.2) is 0 Å². The maximum atomic E-state index is 5.77. The van der Waals surface area contributed by atoms with E-state index in [1.54, 1.807) is 0 Å². The number of hydrogen-bond donors (Lipinski definition) is 0. The monoisotopic (exact) mass is 388 g/mol. The van der Waals surface area contributed by atoms with Crippen LogP contribution in [0.3, 0.4) is 0 Å². The van der Waals surface area contributed by atoms with Crippen LogP contribution in [0, 0.1) is 12.7 Å². The molecule has 0 aliphatic rings. The van der Waals surface area contributed by atoms with Gasteiger partial charge in [-0.05, 0) is 49.1 Å². The van der Waals surface area contributed by atoms with Gasteiger partial charge in [0.1, 0.15) is 13.1 Å². The van der Waals surface area contributed by atoms with E-state index in [2.05, 4.69) is 22.6 Å². The van der Waals surface area contributed by atoms with E-state index in [4.69, 9.17) is 4.74 Å². The summed E-state index contributed by atoms with van der Waals surface area (Å²) in [4.78, 5) is 8.68. The standard InChI is InChI=1S/C22H24N6O/c1-3-7-23-21(5-1)17-27-11-9-25(19-27)13-15-29-16-14-26-10-12-28(20-26)18-22-6-2-4-8-24-22/h1-12H,13-18H2. The fraction of sp³-hybridized carbons (Fsp3) is 0.273. The van der Waals surface area contributed by atoms with Crippen molar-refractivity contribution in [2.75, 3.05) is 13.2 Å². The molecule has 29 heavy (non-hydrogen) atoms. The molecule has 0 spiro atoms. The van der Waals surface area contributed by atoms with E-state index in [-0.39, 0.29) is 0 Å². The van der Waals surface area contributed by atoms with Crippen molar-refractivity contribution >= 4 is 0 Å². The Morgan fingerprint density at radius 1 is 0.828 bits per heavy atom. The van der Waals surface area contributed by atoms with E-state index in [0.717, 1.165) is 37.6 Å². The van der Waals surface area contributed by atoms with Crippen molar-refractivity contribution in [3.05, 3.63) is 97.6 Å². The van der Waals surface area contributed by atoms with Crippen LogP contribution in [0.2, 0.25) is 0 Å². The van der Waals surface area contributed by atoms with Crippen LogP contribution in [-0.4, -0.2) is 32.3 Å². The molecular weight excluding hydrogens is 364 g/mol. The first-order valence-electron chi connectivity index (χ1n) is 9.68. The normalized spacial score (nSPS) is 11.0. The molecule has 0 unspecified atom stereocenters. The van der Waals surface area contributed by atoms with Gasteiger partial charge in [0.25, 0.3) is 0 Å². The van der Waals surface area contributed by atoms with Crippen LogP contribution in [0.25, 0.3) is 0 Å². The lowest BCUT2D eigenvalue weighted by atomic mass is 10.3.